The molecule has 1 aromatic carbocycles. The number of likely N-dealkylation sites (tertiary alicyclic amines) is 2. The van der Waals surface area contributed by atoms with E-state index in [-0.39, 0.29) is 17.7 Å². The largest absolute Gasteiger partial charge is 0.487 e. The van der Waals surface area contributed by atoms with E-state index in [9.17, 15) is 9.59 Å². The summed E-state index contributed by atoms with van der Waals surface area (Å²) in [6.45, 7) is 5.49. The van der Waals surface area contributed by atoms with Gasteiger partial charge in [-0.15, -0.1) is 11.3 Å². The van der Waals surface area contributed by atoms with Gasteiger partial charge in [-0.25, -0.2) is 4.98 Å². The minimum Gasteiger partial charge on any atom is -0.487 e. The van der Waals surface area contributed by atoms with Gasteiger partial charge in [0.2, 0.25) is 11.8 Å². The molecule has 6 nitrogen and oxygen atoms in total. The third kappa shape index (κ3) is 5.73. The number of aryl methyl sites for hydroxylation is 1. The second-order valence-corrected chi connectivity index (χ2v) is 9.25. The van der Waals surface area contributed by atoms with Crippen molar-refractivity contribution < 1.29 is 14.3 Å². The zero-order valence-electron chi connectivity index (χ0n) is 18.0. The Labute approximate surface area is 187 Å². The maximum absolute atomic E-state index is 12.6. The Morgan fingerprint density at radius 3 is 2.65 bits per heavy atom. The summed E-state index contributed by atoms with van der Waals surface area (Å²) in [5.74, 6) is 1.10. The molecule has 2 aromatic rings. The Balaban J connectivity index is 1.26. The lowest BCUT2D eigenvalue weighted by Crippen LogP contribution is -2.43. The van der Waals surface area contributed by atoms with Crippen molar-refractivity contribution in [3.63, 3.8) is 0 Å². The van der Waals surface area contributed by atoms with E-state index in [2.05, 4.69) is 4.98 Å². The van der Waals surface area contributed by atoms with E-state index in [4.69, 9.17) is 4.74 Å². The topological polar surface area (TPSA) is 62.7 Å². The van der Waals surface area contributed by atoms with Crippen LogP contribution in [0.2, 0.25) is 0 Å². The van der Waals surface area contributed by atoms with Crippen molar-refractivity contribution in [1.82, 2.24) is 14.8 Å². The fourth-order valence-corrected chi connectivity index (χ4v) is 4.75. The molecule has 0 unspecified atom stereocenters. The van der Waals surface area contributed by atoms with Crippen LogP contribution in [0.5, 0.6) is 5.75 Å². The zero-order valence-corrected chi connectivity index (χ0v) is 18.8. The van der Waals surface area contributed by atoms with Crippen molar-refractivity contribution in [3.8, 4) is 5.75 Å². The van der Waals surface area contributed by atoms with Gasteiger partial charge < -0.3 is 14.5 Å². The molecule has 2 saturated heterocycles. The van der Waals surface area contributed by atoms with Crippen LogP contribution in [0.25, 0.3) is 6.08 Å². The molecule has 0 bridgehead atoms. The third-order valence-electron chi connectivity index (χ3n) is 5.90. The minimum atomic E-state index is -0.00339. The van der Waals surface area contributed by atoms with Crippen LogP contribution in [-0.4, -0.2) is 52.8 Å². The van der Waals surface area contributed by atoms with E-state index in [1.807, 2.05) is 52.4 Å². The van der Waals surface area contributed by atoms with Gasteiger partial charge in [0.15, 0.2) is 0 Å². The number of nitrogens with zero attached hydrogens (tertiary/aromatic N) is 3. The number of carbonyl (C=O) groups is 2. The molecule has 0 aliphatic carbocycles. The summed E-state index contributed by atoms with van der Waals surface area (Å²) in [5, 5.41) is 3.03. The van der Waals surface area contributed by atoms with Crippen molar-refractivity contribution >= 4 is 29.2 Å². The monoisotopic (exact) mass is 439 g/mol. The zero-order chi connectivity index (χ0) is 21.6. The second-order valence-electron chi connectivity index (χ2n) is 8.18. The molecule has 7 heteroatoms. The molecule has 4 rings (SSSR count). The number of amides is 2. The lowest BCUT2D eigenvalue weighted by atomic mass is 9.95. The molecule has 2 aliphatic heterocycles. The highest BCUT2D eigenvalue weighted by molar-refractivity contribution is 7.09. The summed E-state index contributed by atoms with van der Waals surface area (Å²) in [4.78, 5) is 33.4. The van der Waals surface area contributed by atoms with Crippen LogP contribution in [0.4, 0.5) is 0 Å². The van der Waals surface area contributed by atoms with Gasteiger partial charge >= 0.3 is 0 Å². The first-order valence-electron chi connectivity index (χ1n) is 11.0. The SMILES string of the molecule is Cc1nc(COc2cccc(/C=C/C(=O)N3CCC(C(=O)N4CCCC4)CC3)c2)cs1. The Bertz CT molecular complexity index is 941. The predicted molar refractivity (Wildman–Crippen MR) is 122 cm³/mol. The summed E-state index contributed by atoms with van der Waals surface area (Å²) in [7, 11) is 0. The summed E-state index contributed by atoms with van der Waals surface area (Å²) in [6.07, 6.45) is 7.19. The van der Waals surface area contributed by atoms with Gasteiger partial charge in [0, 0.05) is 43.6 Å². The molecule has 164 valence electrons. The van der Waals surface area contributed by atoms with E-state index >= 15 is 0 Å². The van der Waals surface area contributed by atoms with Crippen LogP contribution in [0, 0.1) is 12.8 Å². The van der Waals surface area contributed by atoms with Crippen LogP contribution in [0.3, 0.4) is 0 Å². The summed E-state index contributed by atoms with van der Waals surface area (Å²) in [5.41, 5.74) is 1.84. The molecule has 0 radical (unpaired) electrons. The number of aromatic nitrogens is 1. The van der Waals surface area contributed by atoms with Gasteiger partial charge in [-0.1, -0.05) is 12.1 Å². The smallest absolute Gasteiger partial charge is 0.246 e. The van der Waals surface area contributed by atoms with Crippen LogP contribution in [0.1, 0.15) is 41.9 Å². The Hall–Kier alpha value is -2.67. The number of ether oxygens (including phenoxy) is 1. The van der Waals surface area contributed by atoms with Crippen molar-refractivity contribution in [1.29, 1.82) is 0 Å². The normalized spacial score (nSPS) is 17.5. The predicted octanol–water partition coefficient (Wildman–Crippen LogP) is 3.90. The molecule has 3 heterocycles. The fraction of sp³-hybridized carbons (Fsp3) is 0.458. The lowest BCUT2D eigenvalue weighted by Gasteiger charge is -2.32. The van der Waals surface area contributed by atoms with Gasteiger partial charge in [-0.2, -0.15) is 0 Å². The summed E-state index contributed by atoms with van der Waals surface area (Å²) < 4.78 is 5.82. The average molecular weight is 440 g/mol. The molecule has 0 saturated carbocycles. The number of benzene rings is 1. The van der Waals surface area contributed by atoms with E-state index in [0.29, 0.717) is 19.7 Å². The Morgan fingerprint density at radius 2 is 1.94 bits per heavy atom. The number of hydrogen-bond donors (Lipinski definition) is 0. The maximum Gasteiger partial charge on any atom is 0.246 e. The first-order chi connectivity index (χ1) is 15.1. The van der Waals surface area contributed by atoms with E-state index in [1.165, 1.54) is 0 Å². The highest BCUT2D eigenvalue weighted by Crippen LogP contribution is 2.23. The molecule has 2 aliphatic rings. The molecular formula is C24H29N3O3S. The molecule has 2 fully saturated rings. The number of thiazole rings is 1. The highest BCUT2D eigenvalue weighted by atomic mass is 32.1. The van der Waals surface area contributed by atoms with Crippen LogP contribution in [-0.2, 0) is 16.2 Å². The first-order valence-corrected chi connectivity index (χ1v) is 11.9. The minimum absolute atomic E-state index is 0.00339. The van der Waals surface area contributed by atoms with Crippen LogP contribution < -0.4 is 4.74 Å². The van der Waals surface area contributed by atoms with Gasteiger partial charge in [0.1, 0.15) is 12.4 Å². The van der Waals surface area contributed by atoms with Crippen molar-refractivity contribution in [2.45, 2.75) is 39.2 Å². The molecule has 2 amide bonds. The van der Waals surface area contributed by atoms with E-state index in [1.54, 1.807) is 17.4 Å². The Morgan fingerprint density at radius 1 is 1.16 bits per heavy atom. The van der Waals surface area contributed by atoms with E-state index < -0.39 is 0 Å². The molecule has 0 atom stereocenters. The molecule has 1 aromatic heterocycles. The lowest BCUT2D eigenvalue weighted by molar-refractivity contribution is -0.138. The van der Waals surface area contributed by atoms with Crippen molar-refractivity contribution in [2.75, 3.05) is 26.2 Å². The molecule has 31 heavy (non-hydrogen) atoms. The van der Waals surface area contributed by atoms with Crippen molar-refractivity contribution in [2.24, 2.45) is 5.92 Å². The standard InChI is InChI=1S/C24H29N3O3S/c1-18-25-21(17-31-18)16-30-22-6-4-5-19(15-22)7-8-23(28)26-13-9-20(10-14-26)24(29)27-11-2-3-12-27/h4-8,15,17,20H,2-3,9-14,16H2,1H3/b8-7+. The first kappa shape index (κ1) is 21.6. The third-order valence-corrected chi connectivity index (χ3v) is 6.73. The molecule has 0 N–H and O–H groups in total. The van der Waals surface area contributed by atoms with Crippen LogP contribution in [0.15, 0.2) is 35.7 Å². The second kappa shape index (κ2) is 10.1. The van der Waals surface area contributed by atoms with E-state index in [0.717, 1.165) is 60.8 Å². The van der Waals surface area contributed by atoms with Crippen molar-refractivity contribution in [3.05, 3.63) is 52.0 Å². The quantitative estimate of drug-likeness (QED) is 0.641. The number of carbonyl (C=O) groups excluding carboxylic acids is 2. The molecular weight excluding hydrogens is 410 g/mol. The number of rotatable bonds is 6. The number of piperidine rings is 1. The average Bonchev–Trinajstić information content (AvgIpc) is 3.48. The van der Waals surface area contributed by atoms with Gasteiger partial charge in [-0.3, -0.25) is 9.59 Å². The maximum atomic E-state index is 12.6. The van der Waals surface area contributed by atoms with Gasteiger partial charge in [0.05, 0.1) is 10.7 Å². The number of hydrogen-bond acceptors (Lipinski definition) is 5. The molecule has 0 spiro atoms. The fourth-order valence-electron chi connectivity index (χ4n) is 4.16. The summed E-state index contributed by atoms with van der Waals surface area (Å²) >= 11 is 1.61. The van der Waals surface area contributed by atoms with Gasteiger partial charge in [0.25, 0.3) is 0 Å². The highest BCUT2D eigenvalue weighted by Gasteiger charge is 2.30. The summed E-state index contributed by atoms with van der Waals surface area (Å²) in [6, 6.07) is 7.69. The van der Waals surface area contributed by atoms with Gasteiger partial charge in [-0.05, 0) is 56.4 Å². The Kier molecular flexibility index (Phi) is 7.02. The van der Waals surface area contributed by atoms with Crippen LogP contribution >= 0.6 is 11.3 Å².